The third kappa shape index (κ3) is 10.3. The van der Waals surface area contributed by atoms with Crippen LogP contribution in [0, 0.1) is 17.3 Å². The molecular formula is C18H37N3O2. The molecule has 5 nitrogen and oxygen atoms in total. The monoisotopic (exact) mass is 327 g/mol. The lowest BCUT2D eigenvalue weighted by Crippen LogP contribution is -2.36. The Hall–Kier alpha value is -1.10. The Kier molecular flexibility index (Phi) is 10.9. The van der Waals surface area contributed by atoms with Crippen molar-refractivity contribution in [3.63, 3.8) is 0 Å². The molecule has 5 heteroatoms. The summed E-state index contributed by atoms with van der Waals surface area (Å²) < 4.78 is 0. The maximum atomic E-state index is 12.4. The fourth-order valence-corrected chi connectivity index (χ4v) is 2.44. The van der Waals surface area contributed by atoms with Gasteiger partial charge in [-0.3, -0.25) is 9.59 Å². The Bertz CT molecular complexity index is 354. The lowest BCUT2D eigenvalue weighted by atomic mass is 9.76. The van der Waals surface area contributed by atoms with Gasteiger partial charge in [-0.1, -0.05) is 41.0 Å². The first-order chi connectivity index (χ1) is 10.7. The third-order valence-electron chi connectivity index (χ3n) is 4.53. The number of unbranched alkanes of at least 4 members (excludes halogenated alkanes) is 2. The lowest BCUT2D eigenvalue weighted by molar-refractivity contribution is -0.127. The quantitative estimate of drug-likeness (QED) is 0.481. The van der Waals surface area contributed by atoms with E-state index in [1.54, 1.807) is 0 Å². The molecule has 0 heterocycles. The van der Waals surface area contributed by atoms with Crippen molar-refractivity contribution in [2.75, 3.05) is 19.6 Å². The van der Waals surface area contributed by atoms with Gasteiger partial charge in [0.1, 0.15) is 0 Å². The van der Waals surface area contributed by atoms with Crippen LogP contribution >= 0.6 is 0 Å². The number of carbonyl (C=O) groups is 2. The summed E-state index contributed by atoms with van der Waals surface area (Å²) in [4.78, 5) is 23.4. The van der Waals surface area contributed by atoms with E-state index in [-0.39, 0.29) is 29.7 Å². The number of hydrogen-bond donors (Lipinski definition) is 3. The van der Waals surface area contributed by atoms with Crippen LogP contribution in [-0.4, -0.2) is 31.4 Å². The summed E-state index contributed by atoms with van der Waals surface area (Å²) in [7, 11) is 0. The van der Waals surface area contributed by atoms with Crippen molar-refractivity contribution in [1.29, 1.82) is 0 Å². The van der Waals surface area contributed by atoms with Crippen molar-refractivity contribution in [2.24, 2.45) is 23.0 Å². The Morgan fingerprint density at radius 3 is 2.09 bits per heavy atom. The molecule has 0 saturated carbocycles. The van der Waals surface area contributed by atoms with E-state index in [0.29, 0.717) is 19.0 Å². The van der Waals surface area contributed by atoms with E-state index in [2.05, 4.69) is 45.3 Å². The molecule has 4 N–H and O–H groups in total. The van der Waals surface area contributed by atoms with Crippen LogP contribution in [-0.2, 0) is 9.59 Å². The Labute approximate surface area is 142 Å². The van der Waals surface area contributed by atoms with Crippen molar-refractivity contribution in [1.82, 2.24) is 10.6 Å². The molecule has 23 heavy (non-hydrogen) atoms. The molecule has 0 rings (SSSR count). The summed E-state index contributed by atoms with van der Waals surface area (Å²) in [6, 6.07) is 0. The summed E-state index contributed by atoms with van der Waals surface area (Å²) in [5.74, 6) is 0.496. The van der Waals surface area contributed by atoms with E-state index >= 15 is 0 Å². The molecule has 0 bridgehead atoms. The van der Waals surface area contributed by atoms with Gasteiger partial charge < -0.3 is 16.4 Å². The molecule has 0 aliphatic heterocycles. The zero-order valence-electron chi connectivity index (χ0n) is 15.7. The molecule has 0 aromatic heterocycles. The minimum atomic E-state index is -0.114. The normalized spacial score (nSPS) is 13.0. The van der Waals surface area contributed by atoms with Crippen LogP contribution in [0.5, 0.6) is 0 Å². The molecule has 136 valence electrons. The second-order valence-corrected chi connectivity index (χ2v) is 7.48. The van der Waals surface area contributed by atoms with Gasteiger partial charge in [-0.2, -0.15) is 0 Å². The van der Waals surface area contributed by atoms with Crippen LogP contribution in [0.15, 0.2) is 0 Å². The highest BCUT2D eigenvalue weighted by Crippen LogP contribution is 2.32. The molecule has 1 atom stereocenters. The highest BCUT2D eigenvalue weighted by molar-refractivity contribution is 5.79. The molecule has 0 aliphatic carbocycles. The SMILES string of the molecule is CCC(C)(C)CC(C(=O)NCCCCCNC(=O)CN)C(C)C. The molecular weight excluding hydrogens is 290 g/mol. The van der Waals surface area contributed by atoms with E-state index < -0.39 is 0 Å². The Morgan fingerprint density at radius 1 is 1.04 bits per heavy atom. The van der Waals surface area contributed by atoms with Crippen molar-refractivity contribution in [3.05, 3.63) is 0 Å². The number of amides is 2. The topological polar surface area (TPSA) is 84.2 Å². The van der Waals surface area contributed by atoms with Crippen LogP contribution in [0.1, 0.15) is 66.7 Å². The van der Waals surface area contributed by atoms with Gasteiger partial charge in [0.2, 0.25) is 11.8 Å². The first kappa shape index (κ1) is 21.9. The molecule has 0 aromatic carbocycles. The first-order valence-corrected chi connectivity index (χ1v) is 8.98. The fourth-order valence-electron chi connectivity index (χ4n) is 2.44. The zero-order valence-corrected chi connectivity index (χ0v) is 15.7. The average Bonchev–Trinajstić information content (AvgIpc) is 2.50. The number of nitrogens with one attached hydrogen (secondary N) is 2. The van der Waals surface area contributed by atoms with Gasteiger partial charge in [-0.25, -0.2) is 0 Å². The van der Waals surface area contributed by atoms with Crippen LogP contribution in [0.25, 0.3) is 0 Å². The van der Waals surface area contributed by atoms with Crippen LogP contribution in [0.3, 0.4) is 0 Å². The van der Waals surface area contributed by atoms with Crippen LogP contribution in [0.4, 0.5) is 0 Å². The third-order valence-corrected chi connectivity index (χ3v) is 4.53. The number of rotatable bonds is 12. The van der Waals surface area contributed by atoms with Gasteiger partial charge in [-0.05, 0) is 37.0 Å². The summed E-state index contributed by atoms with van der Waals surface area (Å²) in [5.41, 5.74) is 5.42. The lowest BCUT2D eigenvalue weighted by Gasteiger charge is -2.30. The van der Waals surface area contributed by atoms with E-state index in [9.17, 15) is 9.59 Å². The van der Waals surface area contributed by atoms with Crippen molar-refractivity contribution in [3.8, 4) is 0 Å². The van der Waals surface area contributed by atoms with Gasteiger partial charge in [0.25, 0.3) is 0 Å². The second-order valence-electron chi connectivity index (χ2n) is 7.48. The van der Waals surface area contributed by atoms with Crippen LogP contribution in [0.2, 0.25) is 0 Å². The highest BCUT2D eigenvalue weighted by atomic mass is 16.2. The van der Waals surface area contributed by atoms with Gasteiger partial charge in [0, 0.05) is 19.0 Å². The molecule has 1 unspecified atom stereocenters. The summed E-state index contributed by atoms with van der Waals surface area (Å²) in [5, 5.41) is 5.82. The molecule has 0 spiro atoms. The minimum Gasteiger partial charge on any atom is -0.356 e. The second kappa shape index (κ2) is 11.4. The maximum absolute atomic E-state index is 12.4. The summed E-state index contributed by atoms with van der Waals surface area (Å²) >= 11 is 0. The molecule has 0 aromatic rings. The molecule has 0 radical (unpaired) electrons. The van der Waals surface area contributed by atoms with Gasteiger partial charge in [0.05, 0.1) is 6.54 Å². The number of hydrogen-bond acceptors (Lipinski definition) is 3. The van der Waals surface area contributed by atoms with Gasteiger partial charge in [-0.15, -0.1) is 0 Å². The fraction of sp³-hybridized carbons (Fsp3) is 0.889. The number of carbonyl (C=O) groups excluding carboxylic acids is 2. The van der Waals surface area contributed by atoms with Gasteiger partial charge >= 0.3 is 0 Å². The Morgan fingerprint density at radius 2 is 1.61 bits per heavy atom. The zero-order chi connectivity index (χ0) is 17.9. The van der Waals surface area contributed by atoms with Gasteiger partial charge in [0.15, 0.2) is 0 Å². The van der Waals surface area contributed by atoms with E-state index in [4.69, 9.17) is 5.73 Å². The molecule has 0 fully saturated rings. The molecule has 0 saturated heterocycles. The smallest absolute Gasteiger partial charge is 0.233 e. The summed E-state index contributed by atoms with van der Waals surface area (Å²) in [6.45, 7) is 12.3. The average molecular weight is 328 g/mol. The van der Waals surface area contributed by atoms with E-state index in [1.807, 2.05) is 0 Å². The summed E-state index contributed by atoms with van der Waals surface area (Å²) in [6.07, 6.45) is 4.85. The Balaban J connectivity index is 3.99. The maximum Gasteiger partial charge on any atom is 0.233 e. The predicted molar refractivity (Wildman–Crippen MR) is 95.9 cm³/mol. The predicted octanol–water partition coefficient (Wildman–Crippen LogP) is 2.45. The minimum absolute atomic E-state index is 0.0424. The van der Waals surface area contributed by atoms with Crippen molar-refractivity contribution < 1.29 is 9.59 Å². The van der Waals surface area contributed by atoms with Crippen molar-refractivity contribution >= 4 is 11.8 Å². The van der Waals surface area contributed by atoms with E-state index in [0.717, 1.165) is 32.1 Å². The number of nitrogens with two attached hydrogens (primary N) is 1. The van der Waals surface area contributed by atoms with E-state index in [1.165, 1.54) is 0 Å². The largest absolute Gasteiger partial charge is 0.356 e. The van der Waals surface area contributed by atoms with Crippen LogP contribution < -0.4 is 16.4 Å². The molecule has 2 amide bonds. The molecule has 0 aliphatic rings. The highest BCUT2D eigenvalue weighted by Gasteiger charge is 2.28. The first-order valence-electron chi connectivity index (χ1n) is 8.98. The standard InChI is InChI=1S/C18H37N3O2/c1-6-18(4,5)12-15(14(2)3)17(23)21-11-9-7-8-10-20-16(22)13-19/h14-15H,6-13,19H2,1-5H3,(H,20,22)(H,21,23). The van der Waals surface area contributed by atoms with Crippen molar-refractivity contribution in [2.45, 2.75) is 66.7 Å².